The zero-order valence-electron chi connectivity index (χ0n) is 21.1. The van der Waals surface area contributed by atoms with Crippen molar-refractivity contribution in [2.75, 3.05) is 5.32 Å². The first-order chi connectivity index (χ1) is 19.2. The van der Waals surface area contributed by atoms with Gasteiger partial charge in [0.2, 0.25) is 5.91 Å². The van der Waals surface area contributed by atoms with E-state index in [-0.39, 0.29) is 5.82 Å². The molecule has 4 aromatic rings. The number of hydrogen-bond donors (Lipinski definition) is 2. The van der Waals surface area contributed by atoms with Crippen LogP contribution in [-0.2, 0) is 14.9 Å². The Morgan fingerprint density at radius 3 is 2.48 bits per heavy atom. The molecule has 11 heteroatoms. The molecule has 8 nitrogen and oxygen atoms in total. The van der Waals surface area contributed by atoms with Crippen LogP contribution in [0.4, 0.5) is 19.4 Å². The summed E-state index contributed by atoms with van der Waals surface area (Å²) in [7, 11) is 0. The molecule has 3 aromatic carbocycles. The Balaban J connectivity index is 1.32. The van der Waals surface area contributed by atoms with Crippen LogP contribution in [0.15, 0.2) is 72.9 Å². The summed E-state index contributed by atoms with van der Waals surface area (Å²) in [5.74, 6) is -1.97. The Morgan fingerprint density at radius 1 is 1.10 bits per heavy atom. The fourth-order valence-corrected chi connectivity index (χ4v) is 4.85. The van der Waals surface area contributed by atoms with Gasteiger partial charge in [0.05, 0.1) is 17.3 Å². The van der Waals surface area contributed by atoms with Crippen LogP contribution in [-0.4, -0.2) is 21.8 Å². The maximum absolute atomic E-state index is 15.1. The SMILES string of the molecule is C[C@@H](OC(=O)Nc1c(F)cnn1-c1ccc(-c2ccc(C3(C(=O)NC#N)CC3)cc2F)cc1)c1ccccc1Cl. The standard InChI is InChI=1S/C29H22ClF2N5O3/c1-17(21-4-2-3-5-23(21)30)40-28(39)36-26-25(32)15-35-37(26)20-9-6-18(7-10-20)22-11-8-19(14-24(22)31)29(12-13-29)27(38)34-16-33/h2-11,14-15,17H,12-13H2,1H3,(H,34,38)(H,36,39)/t17-/m1/s1. The van der Waals surface area contributed by atoms with Crippen molar-refractivity contribution in [1.29, 1.82) is 5.26 Å². The van der Waals surface area contributed by atoms with Gasteiger partial charge in [-0.2, -0.15) is 10.4 Å². The Kier molecular flexibility index (Phi) is 7.24. The van der Waals surface area contributed by atoms with E-state index < -0.39 is 35.2 Å². The number of carbonyl (C=O) groups excluding carboxylic acids is 2. The third-order valence-electron chi connectivity index (χ3n) is 6.87. The highest BCUT2D eigenvalue weighted by molar-refractivity contribution is 6.31. The summed E-state index contributed by atoms with van der Waals surface area (Å²) in [5, 5.41) is 17.7. The predicted octanol–water partition coefficient (Wildman–Crippen LogP) is 6.41. The second kappa shape index (κ2) is 10.8. The monoisotopic (exact) mass is 561 g/mol. The van der Waals surface area contributed by atoms with Crippen molar-refractivity contribution in [3.8, 4) is 23.0 Å². The van der Waals surface area contributed by atoms with Crippen LogP contribution < -0.4 is 10.6 Å². The quantitative estimate of drug-likeness (QED) is 0.200. The number of anilines is 1. The molecule has 0 radical (unpaired) electrons. The van der Waals surface area contributed by atoms with Crippen LogP contribution in [0.25, 0.3) is 16.8 Å². The summed E-state index contributed by atoms with van der Waals surface area (Å²) >= 11 is 6.16. The van der Waals surface area contributed by atoms with Gasteiger partial charge in [-0.3, -0.25) is 15.4 Å². The summed E-state index contributed by atoms with van der Waals surface area (Å²) in [6.45, 7) is 1.64. The number of nitriles is 1. The van der Waals surface area contributed by atoms with E-state index in [1.807, 2.05) is 0 Å². The van der Waals surface area contributed by atoms with Crippen LogP contribution >= 0.6 is 11.6 Å². The molecule has 1 atom stereocenters. The van der Waals surface area contributed by atoms with Crippen molar-refractivity contribution in [2.45, 2.75) is 31.3 Å². The van der Waals surface area contributed by atoms with E-state index in [1.54, 1.807) is 73.8 Å². The van der Waals surface area contributed by atoms with Gasteiger partial charge in [-0.1, -0.05) is 54.1 Å². The van der Waals surface area contributed by atoms with Crippen molar-refractivity contribution < 1.29 is 23.1 Å². The molecule has 0 bridgehead atoms. The minimum Gasteiger partial charge on any atom is -0.441 e. The van der Waals surface area contributed by atoms with Gasteiger partial charge in [0.15, 0.2) is 17.8 Å². The molecule has 1 saturated carbocycles. The van der Waals surface area contributed by atoms with Crippen LogP contribution in [0, 0.1) is 23.1 Å². The summed E-state index contributed by atoms with van der Waals surface area (Å²) in [6.07, 6.45) is 2.07. The van der Waals surface area contributed by atoms with Gasteiger partial charge in [0.25, 0.3) is 0 Å². The van der Waals surface area contributed by atoms with Crippen LogP contribution in [0.5, 0.6) is 0 Å². The number of nitrogens with one attached hydrogen (secondary N) is 2. The largest absolute Gasteiger partial charge is 0.441 e. The van der Waals surface area contributed by atoms with E-state index in [2.05, 4.69) is 15.7 Å². The minimum absolute atomic E-state index is 0.231. The molecule has 1 aliphatic rings. The highest BCUT2D eigenvalue weighted by Gasteiger charge is 2.51. The molecule has 2 amide bonds. The number of rotatable bonds is 7. The van der Waals surface area contributed by atoms with Crippen molar-refractivity contribution in [3.63, 3.8) is 0 Å². The molecule has 202 valence electrons. The zero-order valence-corrected chi connectivity index (χ0v) is 21.9. The summed E-state index contributed by atoms with van der Waals surface area (Å²) in [6, 6.07) is 17.9. The van der Waals surface area contributed by atoms with Gasteiger partial charge in [-0.15, -0.1) is 0 Å². The number of aromatic nitrogens is 2. The lowest BCUT2D eigenvalue weighted by molar-refractivity contribution is -0.122. The molecule has 0 spiro atoms. The van der Waals surface area contributed by atoms with Gasteiger partial charge in [0.1, 0.15) is 11.9 Å². The first-order valence-corrected chi connectivity index (χ1v) is 12.7. The second-order valence-electron chi connectivity index (χ2n) is 9.34. The van der Waals surface area contributed by atoms with Crippen molar-refractivity contribution in [2.24, 2.45) is 0 Å². The Morgan fingerprint density at radius 2 is 1.82 bits per heavy atom. The maximum atomic E-state index is 15.1. The summed E-state index contributed by atoms with van der Waals surface area (Å²) < 4.78 is 36.2. The predicted molar refractivity (Wildman–Crippen MR) is 144 cm³/mol. The molecule has 1 heterocycles. The van der Waals surface area contributed by atoms with Gasteiger partial charge in [-0.05, 0) is 55.2 Å². The molecule has 0 saturated heterocycles. The number of benzene rings is 3. The van der Waals surface area contributed by atoms with E-state index in [4.69, 9.17) is 21.6 Å². The van der Waals surface area contributed by atoms with E-state index in [1.165, 1.54) is 10.7 Å². The van der Waals surface area contributed by atoms with Crippen LogP contribution in [0.3, 0.4) is 0 Å². The van der Waals surface area contributed by atoms with Crippen molar-refractivity contribution in [1.82, 2.24) is 15.1 Å². The van der Waals surface area contributed by atoms with Crippen LogP contribution in [0.2, 0.25) is 5.02 Å². The molecule has 0 unspecified atom stereocenters. The number of amides is 2. The molecule has 40 heavy (non-hydrogen) atoms. The lowest BCUT2D eigenvalue weighted by Crippen LogP contribution is -2.31. The molecular formula is C29H22ClF2N5O3. The lowest BCUT2D eigenvalue weighted by atomic mass is 9.92. The average Bonchev–Trinajstić information content (AvgIpc) is 3.68. The van der Waals surface area contributed by atoms with E-state index >= 15 is 4.39 Å². The molecular weight excluding hydrogens is 540 g/mol. The Labute approximate surface area is 233 Å². The zero-order chi connectivity index (χ0) is 28.4. The number of carbonyl (C=O) groups is 2. The van der Waals surface area contributed by atoms with Gasteiger partial charge >= 0.3 is 6.09 Å². The number of nitrogens with zero attached hydrogens (tertiary/aromatic N) is 3. The summed E-state index contributed by atoms with van der Waals surface area (Å²) in [5.41, 5.74) is 1.48. The first-order valence-electron chi connectivity index (χ1n) is 12.3. The lowest BCUT2D eigenvalue weighted by Gasteiger charge is -2.16. The molecule has 1 aromatic heterocycles. The average molecular weight is 562 g/mol. The smallest absolute Gasteiger partial charge is 0.413 e. The number of hydrogen-bond acceptors (Lipinski definition) is 5. The topological polar surface area (TPSA) is 109 Å². The molecule has 5 rings (SSSR count). The Bertz CT molecular complexity index is 1640. The van der Waals surface area contributed by atoms with E-state index in [0.29, 0.717) is 45.8 Å². The fraction of sp³-hybridized carbons (Fsp3) is 0.172. The third kappa shape index (κ3) is 5.11. The number of ether oxygens (including phenoxy) is 1. The second-order valence-corrected chi connectivity index (χ2v) is 9.74. The van der Waals surface area contributed by atoms with Crippen LogP contribution in [0.1, 0.15) is 37.0 Å². The molecule has 1 aliphatic carbocycles. The van der Waals surface area contributed by atoms with Crippen molar-refractivity contribution >= 4 is 29.4 Å². The minimum atomic E-state index is -0.899. The van der Waals surface area contributed by atoms with Gasteiger partial charge in [0, 0.05) is 16.1 Å². The molecule has 2 N–H and O–H groups in total. The third-order valence-corrected chi connectivity index (χ3v) is 7.21. The number of halogens is 3. The van der Waals surface area contributed by atoms with E-state index in [9.17, 15) is 14.0 Å². The highest BCUT2D eigenvalue weighted by Crippen LogP contribution is 2.49. The molecule has 0 aliphatic heterocycles. The first kappa shape index (κ1) is 26.8. The van der Waals surface area contributed by atoms with Gasteiger partial charge in [-0.25, -0.2) is 18.3 Å². The summed E-state index contributed by atoms with van der Waals surface area (Å²) in [4.78, 5) is 24.8. The maximum Gasteiger partial charge on any atom is 0.413 e. The fourth-order valence-electron chi connectivity index (χ4n) is 4.56. The van der Waals surface area contributed by atoms with Crippen molar-refractivity contribution in [3.05, 3.63) is 101 Å². The van der Waals surface area contributed by atoms with Gasteiger partial charge < -0.3 is 4.74 Å². The highest BCUT2D eigenvalue weighted by atomic mass is 35.5. The normalized spacial score (nSPS) is 14.1. The Hall–Kier alpha value is -4.75. The van der Waals surface area contributed by atoms with E-state index in [0.717, 1.165) is 6.20 Å². The molecule has 1 fully saturated rings.